The molecule has 1 aliphatic rings. The van der Waals surface area contributed by atoms with E-state index in [0.29, 0.717) is 18.0 Å². The molecule has 1 heterocycles. The lowest BCUT2D eigenvalue weighted by Crippen LogP contribution is -2.47. The van der Waals surface area contributed by atoms with E-state index in [4.69, 9.17) is 4.74 Å². The van der Waals surface area contributed by atoms with Crippen molar-refractivity contribution in [2.75, 3.05) is 52.3 Å². The van der Waals surface area contributed by atoms with Gasteiger partial charge >= 0.3 is 0 Å². The first-order chi connectivity index (χ1) is 10.9. The van der Waals surface area contributed by atoms with Crippen molar-refractivity contribution in [2.45, 2.75) is 17.7 Å². The summed E-state index contributed by atoms with van der Waals surface area (Å²) in [5, 5.41) is 3.31. The summed E-state index contributed by atoms with van der Waals surface area (Å²) < 4.78 is 33.1. The predicted octanol–water partition coefficient (Wildman–Crippen LogP) is 1.47. The van der Waals surface area contributed by atoms with Crippen LogP contribution in [0.2, 0.25) is 0 Å². The standard InChI is InChI=1S/C16H27N3O3S.ClH/c1-19(2)14-4-6-15(7-5-14)23(20,21)18-12-16(13-22-3)8-10-17-11-9-16;/h4-7,17-18H,8-13H2,1-3H3;1H. The topological polar surface area (TPSA) is 70.7 Å². The summed E-state index contributed by atoms with van der Waals surface area (Å²) >= 11 is 0. The van der Waals surface area contributed by atoms with Gasteiger partial charge in [-0.25, -0.2) is 13.1 Å². The third-order valence-corrected chi connectivity index (χ3v) is 5.83. The number of benzene rings is 1. The van der Waals surface area contributed by atoms with E-state index in [9.17, 15) is 8.42 Å². The second kappa shape index (κ2) is 9.01. The minimum absolute atomic E-state index is 0. The maximum absolute atomic E-state index is 12.5. The lowest BCUT2D eigenvalue weighted by atomic mass is 9.80. The van der Waals surface area contributed by atoms with Crippen molar-refractivity contribution in [2.24, 2.45) is 5.41 Å². The minimum Gasteiger partial charge on any atom is -0.384 e. The molecule has 0 aromatic heterocycles. The first-order valence-corrected chi connectivity index (χ1v) is 9.34. The molecule has 0 saturated carbocycles. The largest absolute Gasteiger partial charge is 0.384 e. The van der Waals surface area contributed by atoms with Crippen molar-refractivity contribution in [3.05, 3.63) is 24.3 Å². The molecule has 6 nitrogen and oxygen atoms in total. The smallest absolute Gasteiger partial charge is 0.240 e. The molecule has 1 fully saturated rings. The number of ether oxygens (including phenoxy) is 1. The first-order valence-electron chi connectivity index (χ1n) is 7.85. The third kappa shape index (κ3) is 5.32. The maximum atomic E-state index is 12.5. The van der Waals surface area contributed by atoms with Crippen LogP contribution in [-0.2, 0) is 14.8 Å². The quantitative estimate of drug-likeness (QED) is 0.753. The van der Waals surface area contributed by atoms with Crippen molar-refractivity contribution >= 4 is 28.1 Å². The van der Waals surface area contributed by atoms with Gasteiger partial charge in [0.05, 0.1) is 11.5 Å². The molecule has 2 N–H and O–H groups in total. The Hall–Kier alpha value is -0.860. The van der Waals surface area contributed by atoms with Gasteiger partial charge in [0.2, 0.25) is 10.0 Å². The summed E-state index contributed by atoms with van der Waals surface area (Å²) in [6.07, 6.45) is 1.81. The summed E-state index contributed by atoms with van der Waals surface area (Å²) in [5.74, 6) is 0. The Balaban J connectivity index is 0.00000288. The van der Waals surface area contributed by atoms with Gasteiger partial charge < -0.3 is 15.0 Å². The molecule has 8 heteroatoms. The Morgan fingerprint density at radius 2 is 1.79 bits per heavy atom. The molecule has 138 valence electrons. The molecule has 1 saturated heterocycles. The summed E-state index contributed by atoms with van der Waals surface area (Å²) in [4.78, 5) is 2.23. The molecule has 1 aromatic carbocycles. The van der Waals surface area contributed by atoms with Crippen LogP contribution in [0, 0.1) is 5.41 Å². The van der Waals surface area contributed by atoms with Gasteiger partial charge in [-0.05, 0) is 50.2 Å². The number of methoxy groups -OCH3 is 1. The van der Waals surface area contributed by atoms with Crippen LogP contribution in [0.3, 0.4) is 0 Å². The number of nitrogens with zero attached hydrogens (tertiary/aromatic N) is 1. The molecule has 0 radical (unpaired) electrons. The van der Waals surface area contributed by atoms with Gasteiger partial charge in [0.15, 0.2) is 0 Å². The number of sulfonamides is 1. The van der Waals surface area contributed by atoms with E-state index in [1.807, 2.05) is 31.1 Å². The van der Waals surface area contributed by atoms with E-state index < -0.39 is 10.0 Å². The average molecular weight is 378 g/mol. The highest BCUT2D eigenvalue weighted by molar-refractivity contribution is 7.89. The molecule has 24 heavy (non-hydrogen) atoms. The Kier molecular flexibility index (Phi) is 7.95. The van der Waals surface area contributed by atoms with Gasteiger partial charge in [0, 0.05) is 38.9 Å². The number of anilines is 1. The molecule has 1 aliphatic heterocycles. The molecule has 0 amide bonds. The lowest BCUT2D eigenvalue weighted by Gasteiger charge is -2.37. The summed E-state index contributed by atoms with van der Waals surface area (Å²) in [6, 6.07) is 6.90. The number of nitrogens with one attached hydrogen (secondary N) is 2. The molecule has 0 aliphatic carbocycles. The van der Waals surface area contributed by atoms with Gasteiger partial charge in [0.25, 0.3) is 0 Å². The van der Waals surface area contributed by atoms with Crippen LogP contribution >= 0.6 is 12.4 Å². The van der Waals surface area contributed by atoms with E-state index >= 15 is 0 Å². The number of halogens is 1. The average Bonchev–Trinajstić information content (AvgIpc) is 2.54. The van der Waals surface area contributed by atoms with Crippen LogP contribution in [0.5, 0.6) is 0 Å². The molecule has 0 bridgehead atoms. The highest BCUT2D eigenvalue weighted by Crippen LogP contribution is 2.29. The van der Waals surface area contributed by atoms with Crippen LogP contribution in [0.15, 0.2) is 29.2 Å². The molecule has 0 spiro atoms. The fourth-order valence-electron chi connectivity index (χ4n) is 2.89. The van der Waals surface area contributed by atoms with Crippen molar-refractivity contribution < 1.29 is 13.2 Å². The van der Waals surface area contributed by atoms with Crippen LogP contribution in [-0.4, -0.2) is 55.9 Å². The first kappa shape index (κ1) is 21.2. The Morgan fingerprint density at radius 1 is 1.21 bits per heavy atom. The van der Waals surface area contributed by atoms with Crippen molar-refractivity contribution in [3.8, 4) is 0 Å². The maximum Gasteiger partial charge on any atom is 0.240 e. The zero-order valence-electron chi connectivity index (χ0n) is 14.5. The third-order valence-electron chi connectivity index (χ3n) is 4.42. The lowest BCUT2D eigenvalue weighted by molar-refractivity contribution is 0.0577. The second-order valence-electron chi connectivity index (χ2n) is 6.40. The summed E-state index contributed by atoms with van der Waals surface area (Å²) in [7, 11) is 2.01. The van der Waals surface area contributed by atoms with Crippen LogP contribution in [0.25, 0.3) is 0 Å². The summed E-state index contributed by atoms with van der Waals surface area (Å²) in [5.41, 5.74) is 0.842. The van der Waals surface area contributed by atoms with Gasteiger partial charge in [-0.15, -0.1) is 12.4 Å². The fourth-order valence-corrected chi connectivity index (χ4v) is 4.05. The van der Waals surface area contributed by atoms with E-state index in [-0.39, 0.29) is 17.8 Å². The van der Waals surface area contributed by atoms with E-state index in [1.54, 1.807) is 19.2 Å². The van der Waals surface area contributed by atoms with Crippen molar-refractivity contribution in [1.29, 1.82) is 0 Å². The SMILES string of the molecule is COCC1(CNS(=O)(=O)c2ccc(N(C)C)cc2)CCNCC1.Cl. The number of hydrogen-bond donors (Lipinski definition) is 2. The minimum atomic E-state index is -3.50. The van der Waals surface area contributed by atoms with Gasteiger partial charge in [0.1, 0.15) is 0 Å². The van der Waals surface area contributed by atoms with Crippen LogP contribution < -0.4 is 14.9 Å². The van der Waals surface area contributed by atoms with Crippen molar-refractivity contribution in [1.82, 2.24) is 10.0 Å². The predicted molar refractivity (Wildman–Crippen MR) is 99.6 cm³/mol. The summed E-state index contributed by atoms with van der Waals surface area (Å²) in [6.45, 7) is 2.75. The fraction of sp³-hybridized carbons (Fsp3) is 0.625. The molecule has 2 rings (SSSR count). The van der Waals surface area contributed by atoms with Crippen LogP contribution in [0.1, 0.15) is 12.8 Å². The highest BCUT2D eigenvalue weighted by Gasteiger charge is 2.33. The Bertz CT molecular complexity index is 594. The van der Waals surface area contributed by atoms with E-state index in [0.717, 1.165) is 31.6 Å². The van der Waals surface area contributed by atoms with Crippen LogP contribution in [0.4, 0.5) is 5.69 Å². The van der Waals surface area contributed by atoms with E-state index in [2.05, 4.69) is 10.0 Å². The van der Waals surface area contributed by atoms with Gasteiger partial charge in [-0.1, -0.05) is 0 Å². The molecular formula is C16H28ClN3O3S. The van der Waals surface area contributed by atoms with Gasteiger partial charge in [-0.3, -0.25) is 0 Å². The zero-order chi connectivity index (χ0) is 16.9. The number of hydrogen-bond acceptors (Lipinski definition) is 5. The number of piperidine rings is 1. The number of rotatable bonds is 7. The highest BCUT2D eigenvalue weighted by atomic mass is 35.5. The van der Waals surface area contributed by atoms with E-state index in [1.165, 1.54) is 0 Å². The molecule has 0 unspecified atom stereocenters. The molecule has 0 atom stereocenters. The second-order valence-corrected chi connectivity index (χ2v) is 8.16. The normalized spacial score (nSPS) is 17.1. The Labute approximate surface area is 151 Å². The Morgan fingerprint density at radius 3 is 2.29 bits per heavy atom. The zero-order valence-corrected chi connectivity index (χ0v) is 16.2. The monoisotopic (exact) mass is 377 g/mol. The van der Waals surface area contributed by atoms with Crippen molar-refractivity contribution in [3.63, 3.8) is 0 Å². The van der Waals surface area contributed by atoms with Gasteiger partial charge in [-0.2, -0.15) is 0 Å². The molecule has 1 aromatic rings. The molecular weight excluding hydrogens is 350 g/mol.